The van der Waals surface area contributed by atoms with Gasteiger partial charge in [-0.1, -0.05) is 36.4 Å². The number of aliphatic hydroxyl groups excluding tert-OH is 1. The second-order valence-corrected chi connectivity index (χ2v) is 5.04. The zero-order valence-corrected chi connectivity index (χ0v) is 13.3. The van der Waals surface area contributed by atoms with E-state index in [9.17, 15) is 9.90 Å². The molecule has 0 bridgehead atoms. The molecule has 0 fully saturated rings. The zero-order valence-electron chi connectivity index (χ0n) is 13.3. The van der Waals surface area contributed by atoms with E-state index in [4.69, 9.17) is 9.47 Å². The average molecular weight is 315 g/mol. The molecule has 122 valence electrons. The molecule has 0 unspecified atom stereocenters. The van der Waals surface area contributed by atoms with E-state index in [0.29, 0.717) is 30.0 Å². The maximum absolute atomic E-state index is 12.0. The van der Waals surface area contributed by atoms with Crippen molar-refractivity contribution < 1.29 is 19.4 Å². The minimum absolute atomic E-state index is 0.406. The molecule has 2 aromatic rings. The molecule has 0 radical (unpaired) electrons. The molecule has 1 atom stereocenters. The van der Waals surface area contributed by atoms with Crippen molar-refractivity contribution in [3.8, 4) is 11.5 Å². The molecule has 0 aliphatic carbocycles. The molecule has 0 aliphatic rings. The number of rotatable bonds is 7. The number of carbonyl (C=O) groups excluding carboxylic acids is 1. The van der Waals surface area contributed by atoms with E-state index in [1.807, 2.05) is 24.3 Å². The fourth-order valence-corrected chi connectivity index (χ4v) is 2.25. The first-order valence-corrected chi connectivity index (χ1v) is 7.37. The lowest BCUT2D eigenvalue weighted by molar-refractivity contribution is -0.129. The lowest BCUT2D eigenvalue weighted by Crippen LogP contribution is -2.30. The summed E-state index contributed by atoms with van der Waals surface area (Å²) in [6, 6.07) is 14.5. The summed E-state index contributed by atoms with van der Waals surface area (Å²) in [5.41, 5.74) is 1.59. The van der Waals surface area contributed by atoms with Gasteiger partial charge in [-0.05, 0) is 29.7 Å². The van der Waals surface area contributed by atoms with E-state index in [1.54, 1.807) is 38.5 Å². The lowest BCUT2D eigenvalue weighted by Gasteiger charge is -2.12. The molecule has 2 N–H and O–H groups in total. The van der Waals surface area contributed by atoms with Crippen LogP contribution in [0.25, 0.3) is 0 Å². The molecule has 2 rings (SSSR count). The van der Waals surface area contributed by atoms with Gasteiger partial charge in [-0.15, -0.1) is 0 Å². The standard InChI is InChI=1S/C18H21NO4/c1-22-15-9-8-13(12-16(15)23-2)10-11-19-18(21)17(20)14-6-4-3-5-7-14/h3-9,12,17,20H,10-11H2,1-2H3,(H,19,21)/t17-/m0/s1. The van der Waals surface area contributed by atoms with Gasteiger partial charge in [-0.25, -0.2) is 0 Å². The van der Waals surface area contributed by atoms with Crippen LogP contribution in [0.1, 0.15) is 17.2 Å². The van der Waals surface area contributed by atoms with Crippen molar-refractivity contribution in [2.45, 2.75) is 12.5 Å². The van der Waals surface area contributed by atoms with Gasteiger partial charge in [-0.2, -0.15) is 0 Å². The van der Waals surface area contributed by atoms with Crippen molar-refractivity contribution >= 4 is 5.91 Å². The Bertz CT molecular complexity index is 643. The number of carbonyl (C=O) groups is 1. The van der Waals surface area contributed by atoms with Gasteiger partial charge in [0.25, 0.3) is 5.91 Å². The molecule has 5 nitrogen and oxygen atoms in total. The second kappa shape index (κ2) is 8.19. The topological polar surface area (TPSA) is 67.8 Å². The molecule has 23 heavy (non-hydrogen) atoms. The van der Waals surface area contributed by atoms with Gasteiger partial charge in [0.1, 0.15) is 0 Å². The van der Waals surface area contributed by atoms with Crippen molar-refractivity contribution in [2.75, 3.05) is 20.8 Å². The molecule has 1 amide bonds. The van der Waals surface area contributed by atoms with Crippen molar-refractivity contribution in [2.24, 2.45) is 0 Å². The summed E-state index contributed by atoms with van der Waals surface area (Å²) in [6.45, 7) is 0.429. The number of nitrogens with one attached hydrogen (secondary N) is 1. The van der Waals surface area contributed by atoms with E-state index < -0.39 is 12.0 Å². The zero-order chi connectivity index (χ0) is 16.7. The molecule has 0 spiro atoms. The summed E-state index contributed by atoms with van der Waals surface area (Å²) in [5, 5.41) is 12.7. The highest BCUT2D eigenvalue weighted by Crippen LogP contribution is 2.27. The Kier molecular flexibility index (Phi) is 6.00. The minimum atomic E-state index is -1.15. The van der Waals surface area contributed by atoms with E-state index in [1.165, 1.54) is 0 Å². The molecular weight excluding hydrogens is 294 g/mol. The SMILES string of the molecule is COc1ccc(CCNC(=O)[C@@H](O)c2ccccc2)cc1OC. The van der Waals surface area contributed by atoms with Crippen LogP contribution in [0.15, 0.2) is 48.5 Å². The van der Waals surface area contributed by atoms with Gasteiger partial charge in [-0.3, -0.25) is 4.79 Å². The maximum Gasteiger partial charge on any atom is 0.253 e. The molecule has 0 saturated carbocycles. The lowest BCUT2D eigenvalue weighted by atomic mass is 10.1. The molecular formula is C18H21NO4. The molecule has 5 heteroatoms. The Morgan fingerprint density at radius 3 is 2.43 bits per heavy atom. The third-order valence-corrected chi connectivity index (χ3v) is 3.52. The second-order valence-electron chi connectivity index (χ2n) is 5.04. The predicted molar refractivity (Wildman–Crippen MR) is 87.7 cm³/mol. The van der Waals surface area contributed by atoms with E-state index >= 15 is 0 Å². The summed E-state index contributed by atoms with van der Waals surface area (Å²) in [5.74, 6) is 0.914. The first-order valence-electron chi connectivity index (χ1n) is 7.37. The number of amides is 1. The van der Waals surface area contributed by atoms with Crippen molar-refractivity contribution in [1.29, 1.82) is 0 Å². The quantitative estimate of drug-likeness (QED) is 0.821. The smallest absolute Gasteiger partial charge is 0.253 e. The third kappa shape index (κ3) is 4.47. The molecule has 2 aromatic carbocycles. The Morgan fingerprint density at radius 1 is 1.09 bits per heavy atom. The number of methoxy groups -OCH3 is 2. The van der Waals surface area contributed by atoms with Gasteiger partial charge in [0, 0.05) is 6.54 Å². The van der Waals surface area contributed by atoms with Crippen LogP contribution >= 0.6 is 0 Å². The fourth-order valence-electron chi connectivity index (χ4n) is 2.25. The Balaban J connectivity index is 1.88. The van der Waals surface area contributed by atoms with Gasteiger partial charge in [0.05, 0.1) is 14.2 Å². The largest absolute Gasteiger partial charge is 0.493 e. The molecule has 0 saturated heterocycles. The molecule has 0 aromatic heterocycles. The van der Waals surface area contributed by atoms with Crippen molar-refractivity contribution in [1.82, 2.24) is 5.32 Å². The van der Waals surface area contributed by atoms with Gasteiger partial charge >= 0.3 is 0 Å². The van der Waals surface area contributed by atoms with Gasteiger partial charge in [0.15, 0.2) is 17.6 Å². The monoisotopic (exact) mass is 315 g/mol. The summed E-state index contributed by atoms with van der Waals surface area (Å²) >= 11 is 0. The highest BCUT2D eigenvalue weighted by molar-refractivity contribution is 5.81. The fraction of sp³-hybridized carbons (Fsp3) is 0.278. The van der Waals surface area contributed by atoms with Crippen LogP contribution in [0.5, 0.6) is 11.5 Å². The summed E-state index contributed by atoms with van der Waals surface area (Å²) in [7, 11) is 3.17. The highest BCUT2D eigenvalue weighted by atomic mass is 16.5. The average Bonchev–Trinajstić information content (AvgIpc) is 2.61. The number of hydrogen-bond donors (Lipinski definition) is 2. The van der Waals surface area contributed by atoms with Crippen LogP contribution in [0, 0.1) is 0 Å². The number of aliphatic hydroxyl groups is 1. The van der Waals surface area contributed by atoms with Crippen molar-refractivity contribution in [3.63, 3.8) is 0 Å². The predicted octanol–water partition coefficient (Wildman–Crippen LogP) is 2.10. The van der Waals surface area contributed by atoms with Crippen molar-refractivity contribution in [3.05, 3.63) is 59.7 Å². The number of benzene rings is 2. The summed E-state index contributed by atoms with van der Waals surface area (Å²) < 4.78 is 10.4. The van der Waals surface area contributed by atoms with Crippen LogP contribution < -0.4 is 14.8 Å². The van der Waals surface area contributed by atoms with E-state index in [-0.39, 0.29) is 0 Å². The maximum atomic E-state index is 12.0. The Labute approximate surface area is 135 Å². The van der Waals surface area contributed by atoms with Crippen LogP contribution in [-0.2, 0) is 11.2 Å². The van der Waals surface area contributed by atoms with Crippen LogP contribution in [0.2, 0.25) is 0 Å². The Morgan fingerprint density at radius 2 is 1.78 bits per heavy atom. The summed E-state index contributed by atoms with van der Waals surface area (Å²) in [6.07, 6.45) is -0.519. The molecule has 0 heterocycles. The third-order valence-electron chi connectivity index (χ3n) is 3.52. The summed E-state index contributed by atoms with van der Waals surface area (Å²) in [4.78, 5) is 12.0. The number of ether oxygens (including phenoxy) is 2. The first-order chi connectivity index (χ1) is 11.2. The van der Waals surface area contributed by atoms with Gasteiger partial charge < -0.3 is 19.9 Å². The van der Waals surface area contributed by atoms with Crippen LogP contribution in [-0.4, -0.2) is 31.8 Å². The minimum Gasteiger partial charge on any atom is -0.493 e. The molecule has 0 aliphatic heterocycles. The number of hydrogen-bond acceptors (Lipinski definition) is 4. The normalized spacial score (nSPS) is 11.6. The highest BCUT2D eigenvalue weighted by Gasteiger charge is 2.16. The van der Waals surface area contributed by atoms with Crippen LogP contribution in [0.4, 0.5) is 0 Å². The van der Waals surface area contributed by atoms with Gasteiger partial charge in [0.2, 0.25) is 0 Å². The van der Waals surface area contributed by atoms with E-state index in [2.05, 4.69) is 5.32 Å². The van der Waals surface area contributed by atoms with Crippen LogP contribution in [0.3, 0.4) is 0 Å². The first kappa shape index (κ1) is 16.8. The Hall–Kier alpha value is -2.53. The van der Waals surface area contributed by atoms with E-state index in [0.717, 1.165) is 5.56 Å².